The molecule has 0 saturated carbocycles. The van der Waals surface area contributed by atoms with Crippen LogP contribution in [0.2, 0.25) is 0 Å². The standard InChI is InChI=1S/C14H24N2O2/c1-11(17-2)10-13(16-15)7-4-12-5-8-14(18-3)9-6-12/h5-6,8-9,11,13,16H,4,7,10,15H2,1-3H3. The van der Waals surface area contributed by atoms with Crippen molar-refractivity contribution in [2.24, 2.45) is 5.84 Å². The zero-order valence-electron chi connectivity index (χ0n) is 11.5. The van der Waals surface area contributed by atoms with Gasteiger partial charge in [-0.05, 0) is 43.9 Å². The van der Waals surface area contributed by atoms with Gasteiger partial charge in [-0.3, -0.25) is 11.3 Å². The number of nitrogens with two attached hydrogens (primary N) is 1. The Labute approximate surface area is 109 Å². The van der Waals surface area contributed by atoms with Crippen LogP contribution in [0.3, 0.4) is 0 Å². The smallest absolute Gasteiger partial charge is 0.118 e. The van der Waals surface area contributed by atoms with Crippen molar-refractivity contribution in [1.82, 2.24) is 5.43 Å². The third-order valence-electron chi connectivity index (χ3n) is 3.20. The molecule has 102 valence electrons. The van der Waals surface area contributed by atoms with Crippen LogP contribution in [0.4, 0.5) is 0 Å². The number of hydrogen-bond acceptors (Lipinski definition) is 4. The zero-order valence-corrected chi connectivity index (χ0v) is 11.5. The molecule has 0 radical (unpaired) electrons. The first-order valence-corrected chi connectivity index (χ1v) is 6.31. The van der Waals surface area contributed by atoms with Gasteiger partial charge in [0.05, 0.1) is 13.2 Å². The number of ether oxygens (including phenoxy) is 2. The van der Waals surface area contributed by atoms with E-state index >= 15 is 0 Å². The van der Waals surface area contributed by atoms with Gasteiger partial charge in [-0.25, -0.2) is 0 Å². The van der Waals surface area contributed by atoms with Gasteiger partial charge in [0.25, 0.3) is 0 Å². The Balaban J connectivity index is 2.41. The maximum absolute atomic E-state index is 5.56. The highest BCUT2D eigenvalue weighted by atomic mass is 16.5. The number of methoxy groups -OCH3 is 2. The number of aryl methyl sites for hydroxylation is 1. The lowest BCUT2D eigenvalue weighted by Gasteiger charge is -2.19. The number of benzene rings is 1. The molecule has 0 aliphatic carbocycles. The highest BCUT2D eigenvalue weighted by molar-refractivity contribution is 5.27. The van der Waals surface area contributed by atoms with Crippen molar-refractivity contribution >= 4 is 0 Å². The third-order valence-corrected chi connectivity index (χ3v) is 3.20. The predicted octanol–water partition coefficient (Wildman–Crippen LogP) is 1.88. The number of hydrazine groups is 1. The summed E-state index contributed by atoms with van der Waals surface area (Å²) in [6.45, 7) is 2.05. The molecule has 1 rings (SSSR count). The van der Waals surface area contributed by atoms with Gasteiger partial charge in [0.2, 0.25) is 0 Å². The molecule has 2 atom stereocenters. The van der Waals surface area contributed by atoms with Crippen LogP contribution in [0.5, 0.6) is 5.75 Å². The molecule has 0 saturated heterocycles. The number of hydrogen-bond donors (Lipinski definition) is 2. The number of rotatable bonds is 8. The minimum Gasteiger partial charge on any atom is -0.497 e. The van der Waals surface area contributed by atoms with Gasteiger partial charge < -0.3 is 9.47 Å². The Hall–Kier alpha value is -1.10. The van der Waals surface area contributed by atoms with Gasteiger partial charge >= 0.3 is 0 Å². The lowest BCUT2D eigenvalue weighted by molar-refractivity contribution is 0.0993. The van der Waals surface area contributed by atoms with Crippen molar-refractivity contribution < 1.29 is 9.47 Å². The van der Waals surface area contributed by atoms with Crippen molar-refractivity contribution in [2.45, 2.75) is 38.3 Å². The maximum atomic E-state index is 5.56. The first kappa shape index (κ1) is 15.0. The molecule has 0 bridgehead atoms. The summed E-state index contributed by atoms with van der Waals surface area (Å²) in [4.78, 5) is 0. The maximum Gasteiger partial charge on any atom is 0.118 e. The second kappa shape index (κ2) is 8.08. The van der Waals surface area contributed by atoms with Gasteiger partial charge in [-0.15, -0.1) is 0 Å². The molecule has 0 aromatic heterocycles. The van der Waals surface area contributed by atoms with E-state index in [1.807, 2.05) is 12.1 Å². The lowest BCUT2D eigenvalue weighted by atomic mass is 10.0. The fourth-order valence-corrected chi connectivity index (χ4v) is 1.90. The van der Waals surface area contributed by atoms with E-state index in [-0.39, 0.29) is 12.1 Å². The van der Waals surface area contributed by atoms with Crippen LogP contribution in [-0.2, 0) is 11.2 Å². The Kier molecular flexibility index (Phi) is 6.72. The minimum absolute atomic E-state index is 0.224. The third kappa shape index (κ3) is 5.04. The topological polar surface area (TPSA) is 56.5 Å². The molecule has 0 aliphatic heterocycles. The molecular formula is C14H24N2O2. The van der Waals surface area contributed by atoms with Gasteiger partial charge in [0, 0.05) is 13.2 Å². The van der Waals surface area contributed by atoms with E-state index in [0.717, 1.165) is 25.0 Å². The summed E-state index contributed by atoms with van der Waals surface area (Å²) in [5.41, 5.74) is 4.15. The average Bonchev–Trinajstić information content (AvgIpc) is 2.43. The summed E-state index contributed by atoms with van der Waals surface area (Å²) in [6, 6.07) is 8.43. The van der Waals surface area contributed by atoms with E-state index < -0.39 is 0 Å². The summed E-state index contributed by atoms with van der Waals surface area (Å²) < 4.78 is 10.4. The zero-order chi connectivity index (χ0) is 13.4. The molecule has 0 aliphatic rings. The molecule has 0 heterocycles. The molecule has 2 unspecified atom stereocenters. The van der Waals surface area contributed by atoms with E-state index in [1.54, 1.807) is 14.2 Å². The molecule has 18 heavy (non-hydrogen) atoms. The van der Waals surface area contributed by atoms with Crippen molar-refractivity contribution in [3.05, 3.63) is 29.8 Å². The molecule has 1 aromatic rings. The summed E-state index contributed by atoms with van der Waals surface area (Å²) in [5.74, 6) is 6.45. The molecule has 3 N–H and O–H groups in total. The predicted molar refractivity (Wildman–Crippen MR) is 73.5 cm³/mol. The van der Waals surface area contributed by atoms with Crippen LogP contribution in [0.25, 0.3) is 0 Å². The van der Waals surface area contributed by atoms with Crippen LogP contribution >= 0.6 is 0 Å². The highest BCUT2D eigenvalue weighted by Crippen LogP contribution is 2.14. The van der Waals surface area contributed by atoms with E-state index in [2.05, 4.69) is 24.5 Å². The summed E-state index contributed by atoms with van der Waals surface area (Å²) in [6.07, 6.45) is 3.14. The van der Waals surface area contributed by atoms with Gasteiger partial charge in [-0.1, -0.05) is 12.1 Å². The van der Waals surface area contributed by atoms with E-state index in [0.29, 0.717) is 0 Å². The Morgan fingerprint density at radius 1 is 1.22 bits per heavy atom. The van der Waals surface area contributed by atoms with Gasteiger partial charge in [0.1, 0.15) is 5.75 Å². The lowest BCUT2D eigenvalue weighted by Crippen LogP contribution is -2.37. The molecular weight excluding hydrogens is 228 g/mol. The average molecular weight is 252 g/mol. The van der Waals surface area contributed by atoms with Crippen LogP contribution in [0.15, 0.2) is 24.3 Å². The van der Waals surface area contributed by atoms with Crippen LogP contribution in [-0.4, -0.2) is 26.4 Å². The normalized spacial score (nSPS) is 14.2. The molecule has 0 fully saturated rings. The molecule has 0 amide bonds. The Morgan fingerprint density at radius 3 is 2.39 bits per heavy atom. The van der Waals surface area contributed by atoms with Crippen molar-refractivity contribution in [2.75, 3.05) is 14.2 Å². The Bertz CT molecular complexity index is 327. The van der Waals surface area contributed by atoms with Crippen molar-refractivity contribution in [3.63, 3.8) is 0 Å². The van der Waals surface area contributed by atoms with Crippen molar-refractivity contribution in [3.8, 4) is 5.75 Å². The van der Waals surface area contributed by atoms with Crippen LogP contribution in [0.1, 0.15) is 25.3 Å². The SMILES string of the molecule is COc1ccc(CCC(CC(C)OC)NN)cc1. The molecule has 0 spiro atoms. The van der Waals surface area contributed by atoms with E-state index in [4.69, 9.17) is 15.3 Å². The molecule has 4 heteroatoms. The fourth-order valence-electron chi connectivity index (χ4n) is 1.90. The van der Waals surface area contributed by atoms with Crippen LogP contribution < -0.4 is 16.0 Å². The van der Waals surface area contributed by atoms with E-state index in [1.165, 1.54) is 5.56 Å². The Morgan fingerprint density at radius 2 is 1.89 bits per heavy atom. The first-order chi connectivity index (χ1) is 8.69. The highest BCUT2D eigenvalue weighted by Gasteiger charge is 2.11. The largest absolute Gasteiger partial charge is 0.497 e. The summed E-state index contributed by atoms with van der Waals surface area (Å²) in [7, 11) is 3.40. The van der Waals surface area contributed by atoms with Gasteiger partial charge in [0.15, 0.2) is 0 Å². The van der Waals surface area contributed by atoms with E-state index in [9.17, 15) is 0 Å². The second-order valence-corrected chi connectivity index (χ2v) is 4.53. The first-order valence-electron chi connectivity index (χ1n) is 6.31. The summed E-state index contributed by atoms with van der Waals surface area (Å²) in [5, 5.41) is 0. The summed E-state index contributed by atoms with van der Waals surface area (Å²) >= 11 is 0. The fraction of sp³-hybridized carbons (Fsp3) is 0.571. The number of nitrogens with one attached hydrogen (secondary N) is 1. The quantitative estimate of drug-likeness (QED) is 0.548. The minimum atomic E-state index is 0.224. The molecule has 1 aromatic carbocycles. The van der Waals surface area contributed by atoms with Crippen molar-refractivity contribution in [1.29, 1.82) is 0 Å². The monoisotopic (exact) mass is 252 g/mol. The van der Waals surface area contributed by atoms with Gasteiger partial charge in [-0.2, -0.15) is 0 Å². The second-order valence-electron chi connectivity index (χ2n) is 4.53. The molecule has 4 nitrogen and oxygen atoms in total. The van der Waals surface area contributed by atoms with Crippen LogP contribution in [0, 0.1) is 0 Å².